The zero-order valence-electron chi connectivity index (χ0n) is 11.7. The monoisotopic (exact) mass is 283 g/mol. The Morgan fingerprint density at radius 2 is 1.57 bits per heavy atom. The molecule has 0 spiro atoms. The summed E-state index contributed by atoms with van der Waals surface area (Å²) in [5.74, 6) is -0.264. The first kappa shape index (κ1) is 14.6. The van der Waals surface area contributed by atoms with E-state index in [1.165, 1.54) is 0 Å². The Hall–Kier alpha value is -2.82. The third kappa shape index (κ3) is 4.35. The van der Waals surface area contributed by atoms with Gasteiger partial charge in [-0.1, -0.05) is 18.2 Å². The molecule has 21 heavy (non-hydrogen) atoms. The maximum Gasteiger partial charge on any atom is 0.251 e. The average Bonchev–Trinajstić information content (AvgIpc) is 2.53. The summed E-state index contributed by atoms with van der Waals surface area (Å²) in [4.78, 5) is 23.2. The molecular weight excluding hydrogens is 266 g/mol. The van der Waals surface area contributed by atoms with Crippen molar-refractivity contribution in [3.05, 3.63) is 60.2 Å². The van der Waals surface area contributed by atoms with E-state index < -0.39 is 0 Å². The Morgan fingerprint density at radius 3 is 2.19 bits per heavy atom. The molecule has 2 aromatic carbocycles. The highest BCUT2D eigenvalue weighted by Crippen LogP contribution is 2.09. The standard InChI is InChI=1S/C16H17N3O2/c1-17-16(21)12-7-9-13(10-8-12)18-11-15(20)19-14-5-3-2-4-6-14/h2-10,18H,11H2,1H3,(H,17,21)(H,19,20). The first-order valence-corrected chi connectivity index (χ1v) is 6.60. The van der Waals surface area contributed by atoms with Crippen LogP contribution in [0, 0.1) is 0 Å². The molecule has 0 aliphatic heterocycles. The number of carbonyl (C=O) groups excluding carboxylic acids is 2. The van der Waals surface area contributed by atoms with E-state index in [1.807, 2.05) is 30.3 Å². The molecule has 0 aliphatic rings. The molecule has 5 nitrogen and oxygen atoms in total. The lowest BCUT2D eigenvalue weighted by molar-refractivity contribution is -0.114. The van der Waals surface area contributed by atoms with Crippen LogP contribution in [0.2, 0.25) is 0 Å². The minimum absolute atomic E-state index is 0.128. The zero-order chi connectivity index (χ0) is 15.1. The largest absolute Gasteiger partial charge is 0.376 e. The molecule has 0 fully saturated rings. The summed E-state index contributed by atoms with van der Waals surface area (Å²) in [6.45, 7) is 0.161. The number of rotatable bonds is 5. The molecule has 2 amide bonds. The molecule has 0 heterocycles. The van der Waals surface area contributed by atoms with Gasteiger partial charge in [-0.2, -0.15) is 0 Å². The Kier molecular flexibility index (Phi) is 4.93. The van der Waals surface area contributed by atoms with Gasteiger partial charge in [0.25, 0.3) is 5.91 Å². The van der Waals surface area contributed by atoms with Crippen LogP contribution in [-0.4, -0.2) is 25.4 Å². The summed E-state index contributed by atoms with van der Waals surface area (Å²) < 4.78 is 0. The van der Waals surface area contributed by atoms with Crippen molar-refractivity contribution < 1.29 is 9.59 Å². The molecule has 2 rings (SSSR count). The van der Waals surface area contributed by atoms with E-state index in [-0.39, 0.29) is 18.4 Å². The van der Waals surface area contributed by atoms with Crippen LogP contribution in [0.3, 0.4) is 0 Å². The maximum atomic E-state index is 11.8. The summed E-state index contributed by atoms with van der Waals surface area (Å²) in [6, 6.07) is 16.2. The summed E-state index contributed by atoms with van der Waals surface area (Å²) in [6.07, 6.45) is 0. The third-order valence-electron chi connectivity index (χ3n) is 2.88. The normalized spacial score (nSPS) is 9.76. The predicted molar refractivity (Wildman–Crippen MR) is 83.4 cm³/mol. The highest BCUT2D eigenvalue weighted by atomic mass is 16.2. The predicted octanol–water partition coefficient (Wildman–Crippen LogP) is 2.10. The second-order valence-electron chi connectivity index (χ2n) is 4.42. The van der Waals surface area contributed by atoms with Gasteiger partial charge >= 0.3 is 0 Å². The molecule has 0 saturated heterocycles. The molecule has 0 unspecified atom stereocenters. The lowest BCUT2D eigenvalue weighted by Crippen LogP contribution is -2.21. The van der Waals surface area contributed by atoms with Gasteiger partial charge in [0.2, 0.25) is 5.91 Å². The van der Waals surface area contributed by atoms with Crippen molar-refractivity contribution in [2.24, 2.45) is 0 Å². The van der Waals surface area contributed by atoms with E-state index in [2.05, 4.69) is 16.0 Å². The molecule has 0 saturated carbocycles. The Labute approximate surface area is 123 Å². The van der Waals surface area contributed by atoms with E-state index in [0.29, 0.717) is 5.56 Å². The van der Waals surface area contributed by atoms with E-state index in [0.717, 1.165) is 11.4 Å². The SMILES string of the molecule is CNC(=O)c1ccc(NCC(=O)Nc2ccccc2)cc1. The van der Waals surface area contributed by atoms with Crippen molar-refractivity contribution in [2.75, 3.05) is 24.2 Å². The van der Waals surface area contributed by atoms with E-state index in [9.17, 15) is 9.59 Å². The second kappa shape index (κ2) is 7.09. The maximum absolute atomic E-state index is 11.8. The summed E-state index contributed by atoms with van der Waals surface area (Å²) in [7, 11) is 1.59. The molecule has 0 bridgehead atoms. The molecule has 108 valence electrons. The molecule has 2 aromatic rings. The number of benzene rings is 2. The van der Waals surface area contributed by atoms with E-state index in [1.54, 1.807) is 31.3 Å². The van der Waals surface area contributed by atoms with Crippen LogP contribution in [0.25, 0.3) is 0 Å². The minimum Gasteiger partial charge on any atom is -0.376 e. The number of hydrogen-bond donors (Lipinski definition) is 3. The lowest BCUT2D eigenvalue weighted by Gasteiger charge is -2.08. The summed E-state index contributed by atoms with van der Waals surface area (Å²) in [5, 5.41) is 8.35. The van der Waals surface area contributed by atoms with Crippen LogP contribution >= 0.6 is 0 Å². The van der Waals surface area contributed by atoms with Gasteiger partial charge in [0.05, 0.1) is 6.54 Å². The number of hydrogen-bond acceptors (Lipinski definition) is 3. The third-order valence-corrected chi connectivity index (χ3v) is 2.88. The molecule has 0 aromatic heterocycles. The quantitative estimate of drug-likeness (QED) is 0.787. The fourth-order valence-corrected chi connectivity index (χ4v) is 1.79. The van der Waals surface area contributed by atoms with Crippen molar-refractivity contribution in [3.63, 3.8) is 0 Å². The Balaban J connectivity index is 1.85. The van der Waals surface area contributed by atoms with Crippen molar-refractivity contribution in [2.45, 2.75) is 0 Å². The smallest absolute Gasteiger partial charge is 0.251 e. The topological polar surface area (TPSA) is 70.2 Å². The first-order valence-electron chi connectivity index (χ1n) is 6.60. The van der Waals surface area contributed by atoms with Gasteiger partial charge in [0.1, 0.15) is 0 Å². The second-order valence-corrected chi connectivity index (χ2v) is 4.42. The molecule has 0 aliphatic carbocycles. The Morgan fingerprint density at radius 1 is 0.905 bits per heavy atom. The van der Waals surface area contributed by atoms with Crippen LogP contribution in [0.5, 0.6) is 0 Å². The van der Waals surface area contributed by atoms with Crippen LogP contribution in [0.1, 0.15) is 10.4 Å². The zero-order valence-corrected chi connectivity index (χ0v) is 11.7. The minimum atomic E-state index is -0.136. The lowest BCUT2D eigenvalue weighted by atomic mass is 10.2. The van der Waals surface area contributed by atoms with Gasteiger partial charge < -0.3 is 16.0 Å². The number of para-hydroxylation sites is 1. The van der Waals surface area contributed by atoms with Crippen molar-refractivity contribution in [1.82, 2.24) is 5.32 Å². The highest BCUT2D eigenvalue weighted by molar-refractivity contribution is 5.95. The molecule has 3 N–H and O–H groups in total. The number of amides is 2. The fraction of sp³-hybridized carbons (Fsp3) is 0.125. The van der Waals surface area contributed by atoms with Crippen molar-refractivity contribution >= 4 is 23.2 Å². The van der Waals surface area contributed by atoms with Crippen LogP contribution in [0.15, 0.2) is 54.6 Å². The average molecular weight is 283 g/mol. The van der Waals surface area contributed by atoms with Gasteiger partial charge in [-0.25, -0.2) is 0 Å². The molecule has 0 atom stereocenters. The molecule has 5 heteroatoms. The number of nitrogens with one attached hydrogen (secondary N) is 3. The van der Waals surface area contributed by atoms with Crippen LogP contribution < -0.4 is 16.0 Å². The van der Waals surface area contributed by atoms with Gasteiger partial charge in [0.15, 0.2) is 0 Å². The van der Waals surface area contributed by atoms with Crippen molar-refractivity contribution in [1.29, 1.82) is 0 Å². The van der Waals surface area contributed by atoms with Crippen molar-refractivity contribution in [3.8, 4) is 0 Å². The van der Waals surface area contributed by atoms with Crippen LogP contribution in [0.4, 0.5) is 11.4 Å². The molecular formula is C16H17N3O2. The number of anilines is 2. The Bertz CT molecular complexity index is 609. The fourth-order valence-electron chi connectivity index (χ4n) is 1.79. The van der Waals surface area contributed by atoms with Gasteiger partial charge in [-0.05, 0) is 36.4 Å². The van der Waals surface area contributed by atoms with E-state index >= 15 is 0 Å². The summed E-state index contributed by atoms with van der Waals surface area (Å²) in [5.41, 5.74) is 2.13. The van der Waals surface area contributed by atoms with Crippen LogP contribution in [-0.2, 0) is 4.79 Å². The molecule has 0 radical (unpaired) electrons. The van der Waals surface area contributed by atoms with Gasteiger partial charge in [-0.15, -0.1) is 0 Å². The first-order chi connectivity index (χ1) is 10.2. The number of carbonyl (C=O) groups is 2. The van der Waals surface area contributed by atoms with E-state index in [4.69, 9.17) is 0 Å². The van der Waals surface area contributed by atoms with Gasteiger partial charge in [0, 0.05) is 24.0 Å². The highest BCUT2D eigenvalue weighted by Gasteiger charge is 2.04. The van der Waals surface area contributed by atoms with Gasteiger partial charge in [-0.3, -0.25) is 9.59 Å². The summed E-state index contributed by atoms with van der Waals surface area (Å²) >= 11 is 0.